The average molecular weight is 405 g/mol. The van der Waals surface area contributed by atoms with Crippen molar-refractivity contribution in [2.24, 2.45) is 0 Å². The largest absolute Gasteiger partial charge is 0.452 e. The molecule has 0 fully saturated rings. The summed E-state index contributed by atoms with van der Waals surface area (Å²) in [6.45, 7) is 3.90. The van der Waals surface area contributed by atoms with Crippen molar-refractivity contribution in [2.45, 2.75) is 35.6 Å². The third kappa shape index (κ3) is 2.91. The zero-order chi connectivity index (χ0) is 16.8. The lowest BCUT2D eigenvalue weighted by Crippen LogP contribution is -2.12. The Morgan fingerprint density at radius 3 is 2.61 bits per heavy atom. The Labute approximate surface area is 142 Å². The molecule has 4 nitrogen and oxygen atoms in total. The number of benzene rings is 1. The van der Waals surface area contributed by atoms with E-state index in [1.807, 2.05) is 19.9 Å². The number of halogens is 4. The number of fused-ring (bicyclic) bond motifs is 3. The van der Waals surface area contributed by atoms with Crippen molar-refractivity contribution in [3.05, 3.63) is 29.6 Å². The van der Waals surface area contributed by atoms with Gasteiger partial charge < -0.3 is 0 Å². The maximum Gasteiger partial charge on any atom is 0.452 e. The van der Waals surface area contributed by atoms with E-state index >= 15 is 0 Å². The minimum atomic E-state index is -4.59. The molecule has 0 atom stereocenters. The summed E-state index contributed by atoms with van der Waals surface area (Å²) in [6, 6.07) is 5.14. The van der Waals surface area contributed by atoms with Crippen molar-refractivity contribution in [2.75, 3.05) is 0 Å². The number of aromatic nitrogens is 4. The predicted molar refractivity (Wildman–Crippen MR) is 86.9 cm³/mol. The highest BCUT2D eigenvalue weighted by Crippen LogP contribution is 2.34. The van der Waals surface area contributed by atoms with Crippen molar-refractivity contribution >= 4 is 44.4 Å². The van der Waals surface area contributed by atoms with Crippen LogP contribution in [0.15, 0.2) is 23.2 Å². The molecule has 3 rings (SSSR count). The van der Waals surface area contributed by atoms with Gasteiger partial charge in [0.25, 0.3) is 0 Å². The van der Waals surface area contributed by atoms with Gasteiger partial charge in [-0.15, -0.1) is 10.2 Å². The van der Waals surface area contributed by atoms with Gasteiger partial charge in [0, 0.05) is 10.6 Å². The smallest absolute Gasteiger partial charge is 0.267 e. The molecule has 3 aromatic rings. The van der Waals surface area contributed by atoms with E-state index in [9.17, 15) is 13.2 Å². The van der Waals surface area contributed by atoms with Gasteiger partial charge >= 0.3 is 6.18 Å². The van der Waals surface area contributed by atoms with E-state index in [1.165, 1.54) is 11.8 Å². The van der Waals surface area contributed by atoms with E-state index in [2.05, 4.69) is 31.1 Å². The van der Waals surface area contributed by atoms with Gasteiger partial charge in [-0.1, -0.05) is 53.7 Å². The van der Waals surface area contributed by atoms with Crippen LogP contribution in [0.5, 0.6) is 0 Å². The molecule has 0 unspecified atom stereocenters. The molecule has 0 amide bonds. The van der Waals surface area contributed by atoms with Crippen LogP contribution in [0.1, 0.15) is 25.2 Å². The van der Waals surface area contributed by atoms with Crippen LogP contribution < -0.4 is 0 Å². The first-order valence-electron chi connectivity index (χ1n) is 6.79. The summed E-state index contributed by atoms with van der Waals surface area (Å²) in [7, 11) is 0. The first-order chi connectivity index (χ1) is 10.8. The Bertz CT molecular complexity index is 876. The number of alkyl halides is 4. The summed E-state index contributed by atoms with van der Waals surface area (Å²) >= 11 is 4.73. The third-order valence-electron chi connectivity index (χ3n) is 3.15. The van der Waals surface area contributed by atoms with Crippen LogP contribution in [0.2, 0.25) is 0 Å². The molecule has 0 N–H and O–H groups in total. The van der Waals surface area contributed by atoms with Crippen molar-refractivity contribution < 1.29 is 13.2 Å². The Morgan fingerprint density at radius 2 is 2.00 bits per heavy atom. The Kier molecular flexibility index (Phi) is 4.26. The summed E-state index contributed by atoms with van der Waals surface area (Å²) in [6.07, 6.45) is -4.59. The molecular weight excluding hydrogens is 393 g/mol. The third-order valence-corrected chi connectivity index (χ3v) is 4.72. The van der Waals surface area contributed by atoms with E-state index < -0.39 is 12.0 Å². The molecule has 9 heteroatoms. The molecule has 0 aliphatic carbocycles. The molecule has 0 spiro atoms. The molecule has 0 bridgehead atoms. The number of para-hydroxylation sites is 1. The van der Waals surface area contributed by atoms with Gasteiger partial charge in [-0.25, -0.2) is 4.98 Å². The second-order valence-corrected chi connectivity index (χ2v) is 7.31. The standard InChI is InChI=1S/C14H12BrF3N4S/c1-7(2)23-12-11-20-21-13(14(16,17)18)22(11)9-5-3-4-8(6-15)10(9)19-12/h3-5,7H,6H2,1-2H3. The summed E-state index contributed by atoms with van der Waals surface area (Å²) in [4.78, 5) is 4.55. The maximum absolute atomic E-state index is 13.3. The minimum Gasteiger partial charge on any atom is -0.267 e. The van der Waals surface area contributed by atoms with Gasteiger partial charge in [-0.05, 0) is 11.6 Å². The van der Waals surface area contributed by atoms with Crippen molar-refractivity contribution in [1.29, 1.82) is 0 Å². The number of rotatable bonds is 3. The monoisotopic (exact) mass is 404 g/mol. The molecule has 2 aromatic heterocycles. The number of hydrogen-bond acceptors (Lipinski definition) is 4. The van der Waals surface area contributed by atoms with Gasteiger partial charge in [0.1, 0.15) is 5.03 Å². The highest BCUT2D eigenvalue weighted by Gasteiger charge is 2.38. The lowest BCUT2D eigenvalue weighted by molar-refractivity contribution is -0.145. The summed E-state index contributed by atoms with van der Waals surface area (Å²) in [5.41, 5.74) is 1.82. The fourth-order valence-corrected chi connectivity index (χ4v) is 3.56. The lowest BCUT2D eigenvalue weighted by Gasteiger charge is -2.12. The highest BCUT2D eigenvalue weighted by atomic mass is 79.9. The van der Waals surface area contributed by atoms with Gasteiger partial charge in [-0.3, -0.25) is 4.40 Å². The van der Waals surface area contributed by atoms with E-state index in [0.717, 1.165) is 9.96 Å². The Balaban J connectivity index is 2.46. The van der Waals surface area contributed by atoms with E-state index in [0.29, 0.717) is 21.4 Å². The molecule has 2 heterocycles. The quantitative estimate of drug-likeness (QED) is 0.469. The van der Waals surface area contributed by atoms with Crippen LogP contribution in [-0.2, 0) is 11.5 Å². The highest BCUT2D eigenvalue weighted by molar-refractivity contribution is 9.08. The molecular formula is C14H12BrF3N4S. The number of hydrogen-bond donors (Lipinski definition) is 0. The van der Waals surface area contributed by atoms with Crippen molar-refractivity contribution in [1.82, 2.24) is 19.6 Å². The number of thioether (sulfide) groups is 1. The topological polar surface area (TPSA) is 43.1 Å². The second kappa shape index (κ2) is 5.94. The molecule has 0 radical (unpaired) electrons. The first kappa shape index (κ1) is 16.5. The average Bonchev–Trinajstić information content (AvgIpc) is 2.91. The first-order valence-corrected chi connectivity index (χ1v) is 8.79. The number of nitrogens with zero attached hydrogens (tertiary/aromatic N) is 4. The molecule has 0 saturated carbocycles. The van der Waals surface area contributed by atoms with Gasteiger partial charge in [0.05, 0.1) is 11.0 Å². The van der Waals surface area contributed by atoms with E-state index in [4.69, 9.17) is 0 Å². The summed E-state index contributed by atoms with van der Waals surface area (Å²) < 4.78 is 40.9. The van der Waals surface area contributed by atoms with Crippen molar-refractivity contribution in [3.63, 3.8) is 0 Å². The lowest BCUT2D eigenvalue weighted by atomic mass is 10.2. The van der Waals surface area contributed by atoms with E-state index in [-0.39, 0.29) is 10.9 Å². The molecule has 23 heavy (non-hydrogen) atoms. The fraction of sp³-hybridized carbons (Fsp3) is 0.357. The van der Waals surface area contributed by atoms with Crippen LogP contribution in [0.4, 0.5) is 13.2 Å². The predicted octanol–water partition coefficient (Wildman–Crippen LogP) is 4.69. The normalized spacial score (nSPS) is 12.7. The molecule has 122 valence electrons. The maximum atomic E-state index is 13.3. The van der Waals surface area contributed by atoms with Crippen LogP contribution >= 0.6 is 27.7 Å². The summed E-state index contributed by atoms with van der Waals surface area (Å²) in [5, 5.41) is 8.21. The molecule has 0 aliphatic rings. The molecule has 0 saturated heterocycles. The van der Waals surface area contributed by atoms with Crippen LogP contribution in [-0.4, -0.2) is 24.8 Å². The van der Waals surface area contributed by atoms with Gasteiger partial charge in [0.2, 0.25) is 5.82 Å². The molecule has 1 aromatic carbocycles. The van der Waals surface area contributed by atoms with Crippen molar-refractivity contribution in [3.8, 4) is 0 Å². The fourth-order valence-electron chi connectivity index (χ4n) is 2.28. The zero-order valence-electron chi connectivity index (χ0n) is 12.2. The second-order valence-electron chi connectivity index (χ2n) is 5.18. The minimum absolute atomic E-state index is 0.134. The SMILES string of the molecule is CC(C)Sc1nc2c(CBr)cccc2n2c(C(F)(F)F)nnc12. The van der Waals surface area contributed by atoms with Crippen LogP contribution in [0.25, 0.3) is 16.7 Å². The van der Waals surface area contributed by atoms with Crippen LogP contribution in [0, 0.1) is 0 Å². The van der Waals surface area contributed by atoms with Gasteiger partial charge in [-0.2, -0.15) is 13.2 Å². The van der Waals surface area contributed by atoms with E-state index in [1.54, 1.807) is 12.1 Å². The molecule has 0 aliphatic heterocycles. The zero-order valence-corrected chi connectivity index (χ0v) is 14.6. The summed E-state index contributed by atoms with van der Waals surface area (Å²) in [5.74, 6) is -1.03. The Hall–Kier alpha value is -1.35. The van der Waals surface area contributed by atoms with Crippen LogP contribution in [0.3, 0.4) is 0 Å². The van der Waals surface area contributed by atoms with Gasteiger partial charge in [0.15, 0.2) is 5.65 Å². The Morgan fingerprint density at radius 1 is 1.26 bits per heavy atom.